The summed E-state index contributed by atoms with van der Waals surface area (Å²) in [5.41, 5.74) is 3.56. The van der Waals surface area contributed by atoms with Crippen molar-refractivity contribution in [2.75, 3.05) is 13.7 Å². The molecule has 206 valence electrons. The molecule has 3 fully saturated rings. The number of carbonyl (C=O) groups is 2. The van der Waals surface area contributed by atoms with Crippen molar-refractivity contribution in [1.82, 2.24) is 5.32 Å². The van der Waals surface area contributed by atoms with E-state index in [1.54, 1.807) is 0 Å². The largest absolute Gasteiger partial charge is 0.467 e. The summed E-state index contributed by atoms with van der Waals surface area (Å²) < 4.78 is 4.87. The summed E-state index contributed by atoms with van der Waals surface area (Å²) in [6.45, 7) is 4.52. The second-order valence-electron chi connectivity index (χ2n) is 12.3. The summed E-state index contributed by atoms with van der Waals surface area (Å²) in [5.74, 6) is 1.11. The molecule has 0 unspecified atom stereocenters. The van der Waals surface area contributed by atoms with Gasteiger partial charge in [0.2, 0.25) is 0 Å². The number of benzene rings is 1. The van der Waals surface area contributed by atoms with Gasteiger partial charge < -0.3 is 20.0 Å². The molecule has 7 nitrogen and oxygen atoms in total. The van der Waals surface area contributed by atoms with E-state index in [4.69, 9.17) is 9.57 Å². The molecule has 0 spiro atoms. The fourth-order valence-corrected chi connectivity index (χ4v) is 8.21. The molecule has 38 heavy (non-hydrogen) atoms. The summed E-state index contributed by atoms with van der Waals surface area (Å²) in [6, 6.07) is 8.73. The molecular formula is C31H42N2O5. The van der Waals surface area contributed by atoms with Crippen molar-refractivity contribution in [3.8, 4) is 0 Å². The van der Waals surface area contributed by atoms with Gasteiger partial charge in [-0.25, -0.2) is 4.79 Å². The Kier molecular flexibility index (Phi) is 7.67. The molecule has 3 saturated carbocycles. The molecule has 4 aliphatic rings. The van der Waals surface area contributed by atoms with Crippen LogP contribution >= 0.6 is 0 Å². The lowest BCUT2D eigenvalue weighted by atomic mass is 9.47. The first-order valence-electron chi connectivity index (χ1n) is 14.2. The number of aliphatic hydroxyl groups is 1. The lowest BCUT2D eigenvalue weighted by Crippen LogP contribution is -2.51. The zero-order valence-corrected chi connectivity index (χ0v) is 22.9. The normalized spacial score (nSPS) is 35.8. The van der Waals surface area contributed by atoms with Gasteiger partial charge in [-0.15, -0.1) is 0 Å². The van der Waals surface area contributed by atoms with Gasteiger partial charge in [0, 0.05) is 6.42 Å². The van der Waals surface area contributed by atoms with Crippen LogP contribution in [0.1, 0.15) is 70.8 Å². The molecule has 4 aliphatic carbocycles. The van der Waals surface area contributed by atoms with Crippen LogP contribution in [0.5, 0.6) is 0 Å². The average Bonchev–Trinajstić information content (AvgIpc) is 3.22. The Hall–Kier alpha value is -2.67. The van der Waals surface area contributed by atoms with Crippen molar-refractivity contribution in [1.29, 1.82) is 0 Å². The zero-order chi connectivity index (χ0) is 26.9. The third kappa shape index (κ3) is 5.02. The van der Waals surface area contributed by atoms with E-state index in [0.29, 0.717) is 24.2 Å². The van der Waals surface area contributed by atoms with Crippen LogP contribution in [0.4, 0.5) is 0 Å². The summed E-state index contributed by atoms with van der Waals surface area (Å²) in [7, 11) is 1.32. The minimum atomic E-state index is -0.780. The molecule has 0 aliphatic heterocycles. The number of methoxy groups -OCH3 is 1. The van der Waals surface area contributed by atoms with Crippen molar-refractivity contribution in [3.63, 3.8) is 0 Å². The molecule has 0 radical (unpaired) electrons. The summed E-state index contributed by atoms with van der Waals surface area (Å²) in [5, 5.41) is 17.7. The smallest absolute Gasteiger partial charge is 0.328 e. The fourth-order valence-electron chi connectivity index (χ4n) is 8.21. The monoisotopic (exact) mass is 522 g/mol. The molecule has 0 aromatic heterocycles. The van der Waals surface area contributed by atoms with Gasteiger partial charge in [-0.05, 0) is 91.6 Å². The van der Waals surface area contributed by atoms with Crippen molar-refractivity contribution in [2.45, 2.75) is 83.8 Å². The number of oxime groups is 1. The minimum absolute atomic E-state index is 0.0996. The quantitative estimate of drug-likeness (QED) is 0.404. The van der Waals surface area contributed by atoms with Crippen molar-refractivity contribution in [3.05, 3.63) is 47.5 Å². The van der Waals surface area contributed by atoms with E-state index in [-0.39, 0.29) is 23.5 Å². The van der Waals surface area contributed by atoms with E-state index in [1.165, 1.54) is 31.9 Å². The molecule has 0 saturated heterocycles. The zero-order valence-electron chi connectivity index (χ0n) is 22.9. The second-order valence-corrected chi connectivity index (χ2v) is 12.3. The Morgan fingerprint density at radius 2 is 1.87 bits per heavy atom. The Bertz CT molecular complexity index is 1100. The van der Waals surface area contributed by atoms with Gasteiger partial charge in [0.25, 0.3) is 5.91 Å². The lowest BCUT2D eigenvalue weighted by Gasteiger charge is -2.57. The van der Waals surface area contributed by atoms with Gasteiger partial charge in [-0.1, -0.05) is 54.9 Å². The highest BCUT2D eigenvalue weighted by molar-refractivity contribution is 5.96. The van der Waals surface area contributed by atoms with Crippen molar-refractivity contribution in [2.24, 2.45) is 33.7 Å². The third-order valence-electron chi connectivity index (χ3n) is 10.4. The van der Waals surface area contributed by atoms with Gasteiger partial charge in [-0.2, -0.15) is 0 Å². The maximum atomic E-state index is 12.5. The number of carbonyl (C=O) groups excluding carboxylic acids is 2. The van der Waals surface area contributed by atoms with Gasteiger partial charge in [0.05, 0.1) is 18.9 Å². The Morgan fingerprint density at radius 1 is 1.08 bits per heavy atom. The molecule has 1 amide bonds. The van der Waals surface area contributed by atoms with Crippen LogP contribution in [-0.4, -0.2) is 48.6 Å². The molecule has 7 heteroatoms. The van der Waals surface area contributed by atoms with Crippen LogP contribution in [0, 0.1) is 28.6 Å². The Labute approximate surface area is 226 Å². The van der Waals surface area contributed by atoms with Crippen LogP contribution < -0.4 is 5.32 Å². The van der Waals surface area contributed by atoms with E-state index in [2.05, 4.69) is 30.4 Å². The predicted molar refractivity (Wildman–Crippen MR) is 145 cm³/mol. The topological polar surface area (TPSA) is 97.2 Å². The third-order valence-corrected chi connectivity index (χ3v) is 10.4. The number of esters is 1. The number of hydrogen-bond donors (Lipinski definition) is 2. The molecule has 7 atom stereocenters. The molecule has 0 heterocycles. The lowest BCUT2D eigenvalue weighted by molar-refractivity contribution is -0.145. The van der Waals surface area contributed by atoms with Crippen molar-refractivity contribution >= 4 is 17.6 Å². The van der Waals surface area contributed by atoms with Crippen LogP contribution in [0.25, 0.3) is 0 Å². The van der Waals surface area contributed by atoms with Crippen LogP contribution in [0.3, 0.4) is 0 Å². The predicted octanol–water partition coefficient (Wildman–Crippen LogP) is 4.58. The minimum Gasteiger partial charge on any atom is -0.467 e. The van der Waals surface area contributed by atoms with Gasteiger partial charge in [-0.3, -0.25) is 4.79 Å². The van der Waals surface area contributed by atoms with Gasteiger partial charge in [0.15, 0.2) is 6.61 Å². The Morgan fingerprint density at radius 3 is 2.63 bits per heavy atom. The molecule has 0 bridgehead atoms. The first-order chi connectivity index (χ1) is 18.2. The van der Waals surface area contributed by atoms with Crippen molar-refractivity contribution < 1.29 is 24.3 Å². The number of rotatable bonds is 7. The van der Waals surface area contributed by atoms with E-state index in [0.717, 1.165) is 43.4 Å². The molecule has 5 rings (SSSR count). The summed E-state index contributed by atoms with van der Waals surface area (Å²) >= 11 is 0. The fraction of sp³-hybridized carbons (Fsp3) is 0.645. The number of nitrogens with zero attached hydrogens (tertiary/aromatic N) is 1. The molecule has 1 aromatic carbocycles. The number of hydrogen-bond acceptors (Lipinski definition) is 6. The first-order valence-corrected chi connectivity index (χ1v) is 14.2. The highest BCUT2D eigenvalue weighted by Gasteiger charge is 2.58. The summed E-state index contributed by atoms with van der Waals surface area (Å²) in [4.78, 5) is 30.2. The average molecular weight is 523 g/mol. The number of allylic oxidation sites excluding steroid dienone is 2. The van der Waals surface area contributed by atoms with E-state index in [1.807, 2.05) is 30.3 Å². The Balaban J connectivity index is 1.18. The maximum Gasteiger partial charge on any atom is 0.328 e. The van der Waals surface area contributed by atoms with Crippen LogP contribution in [-0.2, 0) is 25.6 Å². The molecule has 1 aromatic rings. The molecule has 2 N–H and O–H groups in total. The number of amides is 1. The number of nitrogens with one attached hydrogen (secondary N) is 1. The number of aliphatic hydroxyl groups excluding tert-OH is 1. The van der Waals surface area contributed by atoms with Gasteiger partial charge >= 0.3 is 5.97 Å². The first kappa shape index (κ1) is 26.9. The number of fused-ring (bicyclic) bond motifs is 5. The van der Waals surface area contributed by atoms with E-state index in [9.17, 15) is 14.7 Å². The van der Waals surface area contributed by atoms with E-state index < -0.39 is 17.9 Å². The maximum absolute atomic E-state index is 12.5. The van der Waals surface area contributed by atoms with Gasteiger partial charge in [0.1, 0.15) is 6.04 Å². The SMILES string of the molecule is COC(=O)[C@H](Cc1ccccc1)NC(=O)CON=C1C=C2CC[C@H]3[C@@H](CC[C@]4(C)[C@@H](O)CC[C@@H]34)[C@@]2(C)CC1. The molecular weight excluding hydrogens is 480 g/mol. The van der Waals surface area contributed by atoms with Crippen LogP contribution in [0.15, 0.2) is 47.1 Å². The van der Waals surface area contributed by atoms with E-state index >= 15 is 0 Å². The standard InChI is InChI=1S/C31H42N2O5/c1-30-15-13-22(18-21(30)9-10-23-24-11-12-27(34)31(24,2)16-14-25(23)30)33-38-19-28(35)32-26(29(36)37-3)17-20-7-5-4-6-8-20/h4-8,18,23-27,34H,9-17,19H2,1-3H3,(H,32,35)/t23-,24+,25-,26+,27+,30+,31+/m1/s1. The van der Waals surface area contributed by atoms with Crippen LogP contribution in [0.2, 0.25) is 0 Å². The highest BCUT2D eigenvalue weighted by Crippen LogP contribution is 2.65. The summed E-state index contributed by atoms with van der Waals surface area (Å²) in [6.07, 6.45) is 11.0. The second kappa shape index (κ2) is 10.8. The number of ether oxygens (including phenoxy) is 1. The highest BCUT2D eigenvalue weighted by atomic mass is 16.6.